The molecule has 0 bridgehead atoms. The second-order valence-corrected chi connectivity index (χ2v) is 27.9. The summed E-state index contributed by atoms with van der Waals surface area (Å²) in [6.45, 7) is 11.5. The van der Waals surface area contributed by atoms with Gasteiger partial charge in [-0.1, -0.05) is 78.9 Å². The van der Waals surface area contributed by atoms with Gasteiger partial charge in [0.1, 0.15) is 16.7 Å². The summed E-state index contributed by atoms with van der Waals surface area (Å²) in [5.74, 6) is -0.349. The second-order valence-electron chi connectivity index (χ2n) is 25.0. The van der Waals surface area contributed by atoms with E-state index in [0.717, 1.165) is 51.1 Å². The first-order chi connectivity index (χ1) is 50.8. The van der Waals surface area contributed by atoms with Crippen molar-refractivity contribution >= 4 is 120 Å². The Bertz CT molecular complexity index is 5000. The van der Waals surface area contributed by atoms with Gasteiger partial charge in [-0.25, -0.2) is 14.4 Å². The van der Waals surface area contributed by atoms with Crippen molar-refractivity contribution in [1.29, 1.82) is 0 Å². The van der Waals surface area contributed by atoms with Gasteiger partial charge in [0, 0.05) is 119 Å². The second kappa shape index (κ2) is 33.1. The molecule has 1 N–H and O–H groups in total. The summed E-state index contributed by atoms with van der Waals surface area (Å²) in [5.41, 5.74) is 2.71. The number of para-hydroxylation sites is 3. The maximum atomic E-state index is 13.9. The van der Waals surface area contributed by atoms with Gasteiger partial charge in [-0.3, -0.25) is 34.1 Å². The van der Waals surface area contributed by atoms with E-state index in [0.29, 0.717) is 122 Å². The third kappa shape index (κ3) is 16.0. The summed E-state index contributed by atoms with van der Waals surface area (Å²) in [4.78, 5) is 131. The zero-order valence-corrected chi connectivity index (χ0v) is 60.6. The van der Waals surface area contributed by atoms with Crippen LogP contribution in [0.5, 0.6) is 0 Å². The van der Waals surface area contributed by atoms with Crippen LogP contribution in [0.1, 0.15) is 87.9 Å². The summed E-state index contributed by atoms with van der Waals surface area (Å²) < 4.78 is 64.7. The highest BCUT2D eigenvalue weighted by Gasteiger charge is 2.36. The van der Waals surface area contributed by atoms with Crippen molar-refractivity contribution in [1.82, 2.24) is 33.7 Å². The van der Waals surface area contributed by atoms with Crippen molar-refractivity contribution in [2.45, 2.75) is 46.1 Å². The summed E-state index contributed by atoms with van der Waals surface area (Å²) in [6.07, 6.45) is -1.33. The fraction of sp³-hybridized carbons (Fsp3) is 0.329. The summed E-state index contributed by atoms with van der Waals surface area (Å²) in [7, 11) is 1.67. The molecule has 4 aliphatic heterocycles. The zero-order chi connectivity index (χ0) is 74.1. The van der Waals surface area contributed by atoms with Gasteiger partial charge < -0.3 is 61.7 Å². The first-order valence-corrected chi connectivity index (χ1v) is 37.3. The highest BCUT2D eigenvalue weighted by atomic mass is 32.2. The van der Waals surface area contributed by atoms with Crippen molar-refractivity contribution in [2.75, 3.05) is 125 Å². The molecule has 0 spiro atoms. The van der Waals surface area contributed by atoms with Crippen molar-refractivity contribution in [3.05, 3.63) is 225 Å². The Balaban J connectivity index is 0.000000149. The number of hydrogen-bond acceptors (Lipinski definition) is 20. The molecule has 0 saturated carbocycles. The standard InChI is InChI=1S/C29H26F3N3O4S.C26H25N3O5S.C21H26N4O4S/c1-2-39-28(38)24-25(33-13-15-34(16-14-33)26(36)23-8-5-17-40-23)21-6-3-4-7-22(21)35(27(24)37)18-19-9-11-20(12-10-19)29(30,31)32;1-2-34-26(32)22-23(27-10-12-28(13-11-27)24(30)21-8-5-15-35-21)19-6-3-4-7-20(19)29(25(22)31)16-18-9-14-33-17-18;1-3-29-21(28)17-18(14-6-4-5-7-16(14)23(2)20(17)27)24-8-10-25(11-9-24)19(26)15-12-30-13-22-15/h3-12,17H,2,13-16,18H2,1H3;3-9,14-15,17H,2,10-13,16H2,1H3;4-7,15,22H,3,8-13H2,1-2H3. The van der Waals surface area contributed by atoms with E-state index in [4.69, 9.17) is 18.6 Å². The number of rotatable bonds is 16. The average Bonchev–Trinajstić information content (AvgIpc) is 1.74. The first-order valence-electron chi connectivity index (χ1n) is 34.4. The largest absolute Gasteiger partial charge is 0.472 e. The number of pyridine rings is 3. The van der Waals surface area contributed by atoms with Gasteiger partial charge in [-0.15, -0.1) is 34.4 Å². The lowest BCUT2D eigenvalue weighted by atomic mass is 10.0. The Morgan fingerprint density at radius 2 is 0.905 bits per heavy atom. The van der Waals surface area contributed by atoms with Crippen molar-refractivity contribution in [3.8, 4) is 0 Å². The van der Waals surface area contributed by atoms with Gasteiger partial charge in [-0.05, 0) is 85.6 Å². The van der Waals surface area contributed by atoms with Crippen molar-refractivity contribution in [2.24, 2.45) is 7.05 Å². The molecule has 0 aliphatic carbocycles. The number of benzene rings is 4. The Hall–Kier alpha value is -10.5. The summed E-state index contributed by atoms with van der Waals surface area (Å²) in [6, 6.07) is 35.8. The number of nitrogens with zero attached hydrogens (tertiary/aromatic N) is 9. The van der Waals surface area contributed by atoms with E-state index in [1.54, 1.807) is 98.0 Å². The number of halogens is 3. The molecule has 10 heterocycles. The number of piperazine rings is 3. The number of aryl methyl sites for hydroxylation is 1. The molecule has 4 aromatic carbocycles. The van der Waals surface area contributed by atoms with E-state index < -0.39 is 40.8 Å². The molecular weight excluding hydrogens is 1410 g/mol. The number of esters is 3. The molecule has 4 aliphatic rings. The first kappa shape index (κ1) is 74.2. The summed E-state index contributed by atoms with van der Waals surface area (Å²) >= 11 is 4.53. The molecule has 0 radical (unpaired) electrons. The van der Waals surface area contributed by atoms with Crippen LogP contribution in [-0.4, -0.2) is 180 Å². The van der Waals surface area contributed by atoms with Crippen LogP contribution in [0.4, 0.5) is 30.2 Å². The Morgan fingerprint density at radius 3 is 1.30 bits per heavy atom. The lowest BCUT2D eigenvalue weighted by Crippen LogP contribution is -2.54. The van der Waals surface area contributed by atoms with Gasteiger partial charge in [-0.2, -0.15) is 13.2 Å². The molecular formula is C76H77F3N10O13S3. The van der Waals surface area contributed by atoms with Crippen LogP contribution in [0, 0.1) is 0 Å². The molecule has 10 aromatic rings. The molecule has 3 amide bonds. The number of anilines is 3. The van der Waals surface area contributed by atoms with Crippen LogP contribution in [0.3, 0.4) is 0 Å². The Morgan fingerprint density at radius 1 is 0.495 bits per heavy atom. The van der Waals surface area contributed by atoms with E-state index in [9.17, 15) is 56.3 Å². The van der Waals surface area contributed by atoms with Gasteiger partial charge >= 0.3 is 24.1 Å². The maximum absolute atomic E-state index is 13.9. The molecule has 14 rings (SSSR count). The zero-order valence-electron chi connectivity index (χ0n) is 58.1. The number of furan rings is 1. The predicted molar refractivity (Wildman–Crippen MR) is 400 cm³/mol. The van der Waals surface area contributed by atoms with Crippen LogP contribution in [0.15, 0.2) is 169 Å². The normalized spacial score (nSPS) is 15.5. The number of amides is 3. The Labute approximate surface area is 613 Å². The maximum Gasteiger partial charge on any atom is 0.416 e. The van der Waals surface area contributed by atoms with Crippen LogP contribution in [-0.2, 0) is 45.3 Å². The molecule has 1 unspecified atom stereocenters. The minimum Gasteiger partial charge on any atom is -0.472 e. The van der Waals surface area contributed by atoms with Gasteiger partial charge in [0.05, 0.1) is 100 Å². The minimum atomic E-state index is -4.47. The average molecular weight is 1490 g/mol. The van der Waals surface area contributed by atoms with Crippen LogP contribution in [0.25, 0.3) is 32.7 Å². The number of carbonyl (C=O) groups is 6. The lowest BCUT2D eigenvalue weighted by molar-refractivity contribution is -0.137. The molecule has 1 atom stereocenters. The molecule has 6 aromatic heterocycles. The SMILES string of the molecule is CCOC(=O)c1c(N2CCN(C(=O)C3CSCN3)CC2)c2ccccc2n(C)c1=O.CCOC(=O)c1c(N2CCN(C(=O)c3cccs3)CC2)c2ccccc2n(Cc2ccc(C(F)(F)F)cc2)c1=O.CCOC(=O)c1c(N2CCN(C(=O)c3cccs3)CC2)c2ccccc2n(Cc2ccoc2)c1=O. The number of thiophene rings is 2. The van der Waals surface area contributed by atoms with Gasteiger partial charge in [0.25, 0.3) is 28.5 Å². The highest BCUT2D eigenvalue weighted by Crippen LogP contribution is 2.36. The monoisotopic (exact) mass is 1490 g/mol. The molecule has 105 heavy (non-hydrogen) atoms. The molecule has 23 nitrogen and oxygen atoms in total. The van der Waals surface area contributed by atoms with Crippen LogP contribution >= 0.6 is 34.4 Å². The van der Waals surface area contributed by atoms with E-state index in [-0.39, 0.29) is 78.9 Å². The number of ether oxygens (including phenoxy) is 3. The number of thioether (sulfide) groups is 1. The smallest absolute Gasteiger partial charge is 0.416 e. The lowest BCUT2D eigenvalue weighted by Gasteiger charge is -2.38. The Kier molecular flexibility index (Phi) is 23.4. The van der Waals surface area contributed by atoms with E-state index in [1.807, 2.05) is 102 Å². The molecule has 548 valence electrons. The minimum absolute atomic E-state index is 0.00523. The predicted octanol–water partition coefficient (Wildman–Crippen LogP) is 10.1. The topological polar surface area (TPSA) is 241 Å². The number of fused-ring (bicyclic) bond motifs is 3. The van der Waals surface area contributed by atoms with E-state index in [1.165, 1.54) is 43.9 Å². The number of alkyl halides is 3. The highest BCUT2D eigenvalue weighted by molar-refractivity contribution is 7.99. The molecule has 29 heteroatoms. The molecule has 4 saturated heterocycles. The summed E-state index contributed by atoms with van der Waals surface area (Å²) in [5, 5.41) is 9.22. The fourth-order valence-electron chi connectivity index (χ4n) is 13.6. The van der Waals surface area contributed by atoms with Crippen molar-refractivity contribution < 1.29 is 60.6 Å². The third-order valence-corrected chi connectivity index (χ3v) is 21.4. The number of aromatic nitrogens is 3. The number of hydrogen-bond donors (Lipinski definition) is 1. The van der Waals surface area contributed by atoms with Crippen LogP contribution in [0.2, 0.25) is 0 Å². The number of carbonyl (C=O) groups excluding carboxylic acids is 6. The molecule has 4 fully saturated rings. The van der Waals surface area contributed by atoms with E-state index >= 15 is 0 Å². The van der Waals surface area contributed by atoms with E-state index in [2.05, 4.69) is 5.32 Å². The van der Waals surface area contributed by atoms with Crippen molar-refractivity contribution in [3.63, 3.8) is 0 Å². The van der Waals surface area contributed by atoms with Gasteiger partial charge in [0.2, 0.25) is 5.91 Å². The quantitative estimate of drug-likeness (QED) is 0.0699. The van der Waals surface area contributed by atoms with Gasteiger partial charge in [0.15, 0.2) is 0 Å². The third-order valence-electron chi connectivity index (χ3n) is 18.7. The number of nitrogens with one attached hydrogen (secondary N) is 1. The van der Waals surface area contributed by atoms with Crippen LogP contribution < -0.4 is 36.7 Å². The fourth-order valence-corrected chi connectivity index (χ4v) is 15.9.